The zero-order valence-electron chi connectivity index (χ0n) is 9.19. The van der Waals surface area contributed by atoms with Gasteiger partial charge in [-0.3, -0.25) is 4.98 Å². The molecule has 0 bridgehead atoms. The lowest BCUT2D eigenvalue weighted by Gasteiger charge is -2.06. The second kappa shape index (κ2) is 5.60. The number of aliphatic hydroxyl groups is 1. The molecule has 0 fully saturated rings. The molecule has 3 heteroatoms. The van der Waals surface area contributed by atoms with Crippen LogP contribution in [0.15, 0.2) is 34.5 Å². The third kappa shape index (κ3) is 3.42. The molecule has 0 saturated carbocycles. The number of aromatic nitrogens is 1. The zero-order chi connectivity index (χ0) is 11.4. The summed E-state index contributed by atoms with van der Waals surface area (Å²) < 4.78 is 1.01. The molecule has 0 amide bonds. The SMILES string of the molecule is OC1C=C(Cc2ccc(Br)cn2)CCCC1. The van der Waals surface area contributed by atoms with Gasteiger partial charge < -0.3 is 5.11 Å². The van der Waals surface area contributed by atoms with Crippen molar-refractivity contribution in [1.82, 2.24) is 4.98 Å². The predicted octanol–water partition coefficient (Wildman–Crippen LogP) is 3.25. The van der Waals surface area contributed by atoms with Crippen molar-refractivity contribution >= 4 is 15.9 Å². The van der Waals surface area contributed by atoms with E-state index in [2.05, 4.69) is 20.9 Å². The Morgan fingerprint density at radius 3 is 3.00 bits per heavy atom. The van der Waals surface area contributed by atoms with Gasteiger partial charge in [0.15, 0.2) is 0 Å². The Morgan fingerprint density at radius 2 is 2.25 bits per heavy atom. The maximum absolute atomic E-state index is 9.68. The van der Waals surface area contributed by atoms with Gasteiger partial charge in [0.2, 0.25) is 0 Å². The molecule has 1 aromatic heterocycles. The van der Waals surface area contributed by atoms with E-state index >= 15 is 0 Å². The van der Waals surface area contributed by atoms with Gasteiger partial charge in [-0.2, -0.15) is 0 Å². The van der Waals surface area contributed by atoms with Gasteiger partial charge in [0, 0.05) is 22.8 Å². The Bertz CT molecular complexity index is 372. The lowest BCUT2D eigenvalue weighted by molar-refractivity contribution is 0.211. The van der Waals surface area contributed by atoms with Gasteiger partial charge in [-0.05, 0) is 47.3 Å². The predicted molar refractivity (Wildman–Crippen MR) is 68.2 cm³/mol. The van der Waals surface area contributed by atoms with E-state index in [4.69, 9.17) is 0 Å². The Kier molecular flexibility index (Phi) is 4.13. The summed E-state index contributed by atoms with van der Waals surface area (Å²) in [7, 11) is 0. The molecule has 2 nitrogen and oxygen atoms in total. The number of hydrogen-bond acceptors (Lipinski definition) is 2. The number of halogens is 1. The van der Waals surface area contributed by atoms with Crippen LogP contribution in [0.2, 0.25) is 0 Å². The number of hydrogen-bond donors (Lipinski definition) is 1. The van der Waals surface area contributed by atoms with Crippen molar-refractivity contribution < 1.29 is 5.11 Å². The van der Waals surface area contributed by atoms with Crippen LogP contribution in [0.1, 0.15) is 31.4 Å². The summed E-state index contributed by atoms with van der Waals surface area (Å²) in [4.78, 5) is 4.36. The maximum atomic E-state index is 9.68. The highest BCUT2D eigenvalue weighted by atomic mass is 79.9. The fourth-order valence-corrected chi connectivity index (χ4v) is 2.27. The molecule has 1 aliphatic carbocycles. The highest BCUT2D eigenvalue weighted by Crippen LogP contribution is 2.20. The van der Waals surface area contributed by atoms with Crippen molar-refractivity contribution in [3.8, 4) is 0 Å². The van der Waals surface area contributed by atoms with Crippen molar-refractivity contribution in [2.45, 2.75) is 38.2 Å². The van der Waals surface area contributed by atoms with Crippen LogP contribution in [-0.2, 0) is 6.42 Å². The fourth-order valence-electron chi connectivity index (χ4n) is 2.04. The van der Waals surface area contributed by atoms with Crippen LogP contribution in [0.25, 0.3) is 0 Å². The normalized spacial score (nSPS) is 21.4. The number of rotatable bonds is 2. The van der Waals surface area contributed by atoms with Gasteiger partial charge in [-0.15, -0.1) is 0 Å². The van der Waals surface area contributed by atoms with Gasteiger partial charge in [-0.25, -0.2) is 0 Å². The summed E-state index contributed by atoms with van der Waals surface area (Å²) in [6.07, 6.45) is 8.73. The van der Waals surface area contributed by atoms with Crippen LogP contribution in [0.3, 0.4) is 0 Å². The number of allylic oxidation sites excluding steroid dienone is 1. The molecule has 2 rings (SSSR count). The minimum atomic E-state index is -0.257. The molecule has 1 atom stereocenters. The number of pyridine rings is 1. The monoisotopic (exact) mass is 281 g/mol. The third-order valence-corrected chi connectivity index (χ3v) is 3.34. The van der Waals surface area contributed by atoms with Gasteiger partial charge in [-0.1, -0.05) is 18.1 Å². The number of nitrogens with zero attached hydrogens (tertiary/aromatic N) is 1. The Labute approximate surface area is 105 Å². The average Bonchev–Trinajstić information content (AvgIpc) is 2.46. The van der Waals surface area contributed by atoms with Crippen molar-refractivity contribution in [3.05, 3.63) is 40.1 Å². The minimum Gasteiger partial charge on any atom is -0.389 e. The molecular weight excluding hydrogens is 266 g/mol. The highest BCUT2D eigenvalue weighted by molar-refractivity contribution is 9.10. The third-order valence-electron chi connectivity index (χ3n) is 2.87. The molecular formula is C13H16BrNO. The second-order valence-electron chi connectivity index (χ2n) is 4.28. The summed E-state index contributed by atoms with van der Waals surface area (Å²) in [5, 5.41) is 9.68. The summed E-state index contributed by atoms with van der Waals surface area (Å²) in [6.45, 7) is 0. The highest BCUT2D eigenvalue weighted by Gasteiger charge is 2.10. The Balaban J connectivity index is 2.05. The number of aliphatic hydroxyl groups excluding tert-OH is 1. The fraction of sp³-hybridized carbons (Fsp3) is 0.462. The van der Waals surface area contributed by atoms with Crippen LogP contribution in [0.4, 0.5) is 0 Å². The molecule has 16 heavy (non-hydrogen) atoms. The zero-order valence-corrected chi connectivity index (χ0v) is 10.8. The first-order valence-corrected chi connectivity index (χ1v) is 6.51. The molecule has 1 aliphatic rings. The van der Waals surface area contributed by atoms with Crippen LogP contribution in [-0.4, -0.2) is 16.2 Å². The minimum absolute atomic E-state index is 0.257. The molecule has 86 valence electrons. The van der Waals surface area contributed by atoms with E-state index in [0.29, 0.717) is 0 Å². The van der Waals surface area contributed by atoms with Crippen molar-refractivity contribution in [3.63, 3.8) is 0 Å². The standard InChI is InChI=1S/C13H16BrNO/c14-11-5-6-12(15-9-11)7-10-3-1-2-4-13(16)8-10/h5-6,8-9,13,16H,1-4,7H2. The van der Waals surface area contributed by atoms with Gasteiger partial charge in [0.05, 0.1) is 6.10 Å². The van der Waals surface area contributed by atoms with E-state index in [9.17, 15) is 5.11 Å². The van der Waals surface area contributed by atoms with E-state index in [1.165, 1.54) is 12.0 Å². The van der Waals surface area contributed by atoms with Gasteiger partial charge in [0.25, 0.3) is 0 Å². The largest absolute Gasteiger partial charge is 0.389 e. The summed E-state index contributed by atoms with van der Waals surface area (Å²) >= 11 is 3.38. The second-order valence-corrected chi connectivity index (χ2v) is 5.20. The lowest BCUT2D eigenvalue weighted by Crippen LogP contribution is -2.01. The first-order valence-electron chi connectivity index (χ1n) is 5.72. The van der Waals surface area contributed by atoms with Crippen LogP contribution in [0.5, 0.6) is 0 Å². The summed E-state index contributed by atoms with van der Waals surface area (Å²) in [6, 6.07) is 4.04. The molecule has 0 saturated heterocycles. The molecule has 1 aromatic rings. The van der Waals surface area contributed by atoms with Crippen molar-refractivity contribution in [2.24, 2.45) is 0 Å². The molecule has 0 aliphatic heterocycles. The summed E-state index contributed by atoms with van der Waals surface area (Å²) in [5.41, 5.74) is 2.39. The molecule has 1 heterocycles. The topological polar surface area (TPSA) is 33.1 Å². The quantitative estimate of drug-likeness (QED) is 0.845. The van der Waals surface area contributed by atoms with Crippen molar-refractivity contribution in [2.75, 3.05) is 0 Å². The maximum Gasteiger partial charge on any atom is 0.0723 e. The van der Waals surface area contributed by atoms with Crippen LogP contribution >= 0.6 is 15.9 Å². The van der Waals surface area contributed by atoms with Gasteiger partial charge in [0.1, 0.15) is 0 Å². The van der Waals surface area contributed by atoms with Crippen molar-refractivity contribution in [1.29, 1.82) is 0 Å². The molecule has 1 unspecified atom stereocenters. The Morgan fingerprint density at radius 1 is 1.38 bits per heavy atom. The van der Waals surface area contributed by atoms with E-state index in [1.807, 2.05) is 24.4 Å². The Hall–Kier alpha value is -0.670. The van der Waals surface area contributed by atoms with Crippen LogP contribution in [0, 0.1) is 0 Å². The molecule has 0 spiro atoms. The van der Waals surface area contributed by atoms with E-state index < -0.39 is 0 Å². The smallest absolute Gasteiger partial charge is 0.0723 e. The first kappa shape index (κ1) is 11.8. The molecule has 0 radical (unpaired) electrons. The average molecular weight is 282 g/mol. The molecule has 0 aromatic carbocycles. The summed E-state index contributed by atoms with van der Waals surface area (Å²) in [5.74, 6) is 0. The lowest BCUT2D eigenvalue weighted by atomic mass is 10.0. The van der Waals surface area contributed by atoms with Crippen LogP contribution < -0.4 is 0 Å². The molecule has 1 N–H and O–H groups in total. The van der Waals surface area contributed by atoms with E-state index in [0.717, 1.165) is 35.8 Å². The van der Waals surface area contributed by atoms with Gasteiger partial charge >= 0.3 is 0 Å². The van der Waals surface area contributed by atoms with E-state index in [-0.39, 0.29) is 6.10 Å². The first-order chi connectivity index (χ1) is 7.74. The van der Waals surface area contributed by atoms with E-state index in [1.54, 1.807) is 0 Å².